The number of hydrogen-bond acceptors (Lipinski definition) is 5. The predicted octanol–water partition coefficient (Wildman–Crippen LogP) is 15.5. The summed E-state index contributed by atoms with van der Waals surface area (Å²) in [4.78, 5) is 15.6. The summed E-state index contributed by atoms with van der Waals surface area (Å²) in [5.74, 6) is 1.74. The van der Waals surface area contributed by atoms with Crippen molar-refractivity contribution >= 4 is 83.1 Å². The van der Waals surface area contributed by atoms with Gasteiger partial charge in [0.1, 0.15) is 0 Å². The highest BCUT2D eigenvalue weighted by Gasteiger charge is 2.49. The first-order valence-electron chi connectivity index (χ1n) is 22.2. The number of benzene rings is 8. The van der Waals surface area contributed by atoms with Gasteiger partial charge < -0.3 is 0 Å². The van der Waals surface area contributed by atoms with Crippen LogP contribution < -0.4 is 14.6 Å². The molecule has 0 bridgehead atoms. The molecule has 1 aliphatic heterocycles. The Labute approximate surface area is 392 Å². The van der Waals surface area contributed by atoms with E-state index in [1.54, 1.807) is 17.4 Å². The summed E-state index contributed by atoms with van der Waals surface area (Å²) >= 11 is 1.79. The van der Waals surface area contributed by atoms with Crippen LogP contribution in [-0.4, -0.2) is 19.5 Å². The second-order valence-corrected chi connectivity index (χ2v) is 19.8. The lowest BCUT2D eigenvalue weighted by Crippen LogP contribution is -2.28. The summed E-state index contributed by atoms with van der Waals surface area (Å²) in [5.41, 5.74) is 9.16. The summed E-state index contributed by atoms with van der Waals surface area (Å²) in [6, 6.07) is 66.3. The van der Waals surface area contributed by atoms with Gasteiger partial charge >= 0.3 is 7.44 Å². The zero-order valence-electron chi connectivity index (χ0n) is 36.4. The van der Waals surface area contributed by atoms with Crippen LogP contribution in [0.2, 0.25) is 0 Å². The third kappa shape index (κ3) is 6.56. The van der Waals surface area contributed by atoms with Gasteiger partial charge in [0.05, 0.1) is 32.4 Å². The minimum absolute atomic E-state index is 0.544. The first-order valence-corrected chi connectivity index (χ1v) is 24.6. The SMILES string of the molecule is C=C/C=C(\C=C/C)N1c2ccc(-c3ccc4c(c3)c3ccc5c6ccccc6sc5c3n4-c3nc(-c4ccccc4)nc(-c4ccccc4)n3)cc2N(c2ccccc2)P1(=O)c1ccccc1. The molecule has 1 aliphatic rings. The van der Waals surface area contributed by atoms with E-state index < -0.39 is 7.44 Å². The highest BCUT2D eigenvalue weighted by atomic mass is 32.1. The highest BCUT2D eigenvalue weighted by molar-refractivity contribution is 7.75. The normalized spacial score (nSPS) is 15.1. The van der Waals surface area contributed by atoms with E-state index in [9.17, 15) is 0 Å². The van der Waals surface area contributed by atoms with Gasteiger partial charge in [-0.25, -0.2) is 4.98 Å². The van der Waals surface area contributed by atoms with Gasteiger partial charge in [-0.1, -0.05) is 158 Å². The lowest BCUT2D eigenvalue weighted by molar-refractivity contribution is 0.582. The van der Waals surface area contributed by atoms with Crippen molar-refractivity contribution in [1.82, 2.24) is 19.5 Å². The third-order valence-electron chi connectivity index (χ3n) is 12.4. The van der Waals surface area contributed by atoms with Crippen LogP contribution in [0.4, 0.5) is 17.1 Å². The Kier molecular flexibility index (Phi) is 9.86. The summed E-state index contributed by atoms with van der Waals surface area (Å²) < 4.78 is 25.0. The molecule has 0 N–H and O–H groups in total. The Hall–Kier alpha value is -8.16. The van der Waals surface area contributed by atoms with Gasteiger partial charge in [-0.05, 0) is 84.8 Å². The van der Waals surface area contributed by atoms with Gasteiger partial charge in [0.25, 0.3) is 0 Å². The minimum Gasteiger partial charge on any atom is -0.276 e. The molecule has 11 aromatic rings. The molecule has 0 fully saturated rings. The lowest BCUT2D eigenvalue weighted by atomic mass is 10.0. The molecule has 0 spiro atoms. The van der Waals surface area contributed by atoms with Gasteiger partial charge in [-0.3, -0.25) is 18.5 Å². The molecule has 7 nitrogen and oxygen atoms in total. The maximum absolute atomic E-state index is 16.4. The first kappa shape index (κ1) is 40.4. The Bertz CT molecular complexity index is 3770. The van der Waals surface area contributed by atoms with Gasteiger partial charge in [0.2, 0.25) is 5.95 Å². The molecule has 8 aromatic carbocycles. The predicted molar refractivity (Wildman–Crippen MR) is 281 cm³/mol. The number of thiophene rings is 1. The Morgan fingerprint density at radius 3 is 1.88 bits per heavy atom. The van der Waals surface area contributed by atoms with Crippen molar-refractivity contribution in [2.75, 3.05) is 9.34 Å². The number of rotatable bonds is 9. The van der Waals surface area contributed by atoms with E-state index in [1.807, 2.05) is 156 Å². The average Bonchev–Trinajstić information content (AvgIpc) is 4.02. The summed E-state index contributed by atoms with van der Waals surface area (Å²) in [7, 11) is -3.59. The monoisotopic (exact) mass is 900 g/mol. The molecule has 9 heteroatoms. The van der Waals surface area contributed by atoms with Crippen LogP contribution in [0.3, 0.4) is 0 Å². The van der Waals surface area contributed by atoms with Crippen LogP contribution in [0.5, 0.6) is 0 Å². The van der Waals surface area contributed by atoms with Crippen molar-refractivity contribution in [3.8, 4) is 39.9 Å². The fraction of sp³-hybridized carbons (Fsp3) is 0.0172. The lowest BCUT2D eigenvalue weighted by Gasteiger charge is -2.33. The van der Waals surface area contributed by atoms with Crippen molar-refractivity contribution in [1.29, 1.82) is 0 Å². The topological polar surface area (TPSA) is 67.2 Å². The first-order chi connectivity index (χ1) is 33.0. The number of nitrogens with zero attached hydrogens (tertiary/aromatic N) is 6. The molecule has 0 saturated carbocycles. The van der Waals surface area contributed by atoms with Crippen molar-refractivity contribution in [2.24, 2.45) is 0 Å². The zero-order chi connectivity index (χ0) is 45.1. The maximum Gasteiger partial charge on any atom is 0.301 e. The summed E-state index contributed by atoms with van der Waals surface area (Å²) in [5, 5.41) is 5.29. The van der Waals surface area contributed by atoms with Crippen LogP contribution in [-0.2, 0) is 4.57 Å². The standard InChI is InChI=1S/C58H41N6OPS/c1-3-19-43(20-4-2)63-51-36-32-42(38-52(51)64(44-25-13-7-14-26-44)66(63,65)45-27-15-8-16-28-45)41-31-35-50-49(37-41)47-33-34-48-46-29-17-18-30-53(46)67-55(48)54(47)62(50)58-60-56(39-21-9-5-10-22-39)59-57(61-58)40-23-11-6-12-24-40/h3-38H,1H2,2H3/b20-4-,43-19+. The Morgan fingerprint density at radius 1 is 0.582 bits per heavy atom. The summed E-state index contributed by atoms with van der Waals surface area (Å²) in [6.45, 7) is 6.02. The molecular formula is C58H41N6OPS. The molecule has 4 heterocycles. The fourth-order valence-electron chi connectivity index (χ4n) is 9.50. The van der Waals surface area contributed by atoms with E-state index in [2.05, 4.69) is 83.9 Å². The van der Waals surface area contributed by atoms with Crippen molar-refractivity contribution in [3.05, 3.63) is 231 Å². The number of aromatic nitrogens is 4. The van der Waals surface area contributed by atoms with Crippen molar-refractivity contribution in [2.45, 2.75) is 6.92 Å². The second kappa shape index (κ2) is 16.4. The van der Waals surface area contributed by atoms with Crippen molar-refractivity contribution in [3.63, 3.8) is 0 Å². The Morgan fingerprint density at radius 2 is 1.19 bits per heavy atom. The fourth-order valence-corrected chi connectivity index (χ4v) is 13.7. The molecule has 1 atom stereocenters. The van der Waals surface area contributed by atoms with Crippen molar-refractivity contribution < 1.29 is 4.57 Å². The molecule has 320 valence electrons. The molecule has 1 unspecified atom stereocenters. The highest BCUT2D eigenvalue weighted by Crippen LogP contribution is 2.69. The smallest absolute Gasteiger partial charge is 0.276 e. The van der Waals surface area contributed by atoms with Gasteiger partial charge in [-0.15, -0.1) is 11.3 Å². The van der Waals surface area contributed by atoms with Crippen LogP contribution in [0.15, 0.2) is 231 Å². The molecule has 0 aliphatic carbocycles. The van der Waals surface area contributed by atoms with Gasteiger partial charge in [0, 0.05) is 48.8 Å². The molecular weight excluding hydrogens is 860 g/mol. The number of para-hydroxylation sites is 1. The Balaban J connectivity index is 1.11. The van der Waals surface area contributed by atoms with Gasteiger partial charge in [-0.2, -0.15) is 9.97 Å². The maximum atomic E-state index is 16.4. The van der Waals surface area contributed by atoms with Crippen LogP contribution in [0.25, 0.3) is 81.8 Å². The number of fused-ring (bicyclic) bond motifs is 8. The molecule has 12 rings (SSSR count). The summed E-state index contributed by atoms with van der Waals surface area (Å²) in [6.07, 6.45) is 7.66. The molecule has 0 amide bonds. The molecule has 67 heavy (non-hydrogen) atoms. The van der Waals surface area contributed by atoms with E-state index in [4.69, 9.17) is 15.0 Å². The van der Waals surface area contributed by atoms with E-state index in [1.165, 1.54) is 15.5 Å². The molecule has 3 aromatic heterocycles. The van der Waals surface area contributed by atoms with Crippen LogP contribution >= 0.6 is 18.8 Å². The second-order valence-electron chi connectivity index (χ2n) is 16.4. The number of anilines is 3. The van der Waals surface area contributed by atoms with Crippen LogP contribution in [0.1, 0.15) is 6.92 Å². The van der Waals surface area contributed by atoms with E-state index in [0.29, 0.717) is 17.6 Å². The van der Waals surface area contributed by atoms with Gasteiger partial charge in [0.15, 0.2) is 11.6 Å². The quantitative estimate of drug-likeness (QED) is 0.106. The van der Waals surface area contributed by atoms with E-state index in [-0.39, 0.29) is 0 Å². The molecule has 0 radical (unpaired) electrons. The zero-order valence-corrected chi connectivity index (χ0v) is 38.1. The number of allylic oxidation sites excluding steroid dienone is 4. The average molecular weight is 901 g/mol. The third-order valence-corrected chi connectivity index (χ3v) is 16.6. The largest absolute Gasteiger partial charge is 0.301 e. The van der Waals surface area contributed by atoms with Crippen LogP contribution in [0, 0.1) is 0 Å². The minimum atomic E-state index is -3.59. The number of hydrogen-bond donors (Lipinski definition) is 0. The van der Waals surface area contributed by atoms with E-state index >= 15 is 4.57 Å². The molecule has 0 saturated heterocycles. The van der Waals surface area contributed by atoms with E-state index in [0.717, 1.165) is 76.8 Å².